The highest BCUT2D eigenvalue weighted by Crippen LogP contribution is 2.35. The molecule has 114 valence electrons. The van der Waals surface area contributed by atoms with E-state index in [-0.39, 0.29) is 5.60 Å². The van der Waals surface area contributed by atoms with Gasteiger partial charge in [-0.25, -0.2) is 0 Å². The maximum Gasteiger partial charge on any atom is 0.0807 e. The van der Waals surface area contributed by atoms with Crippen molar-refractivity contribution in [1.82, 2.24) is 5.32 Å². The van der Waals surface area contributed by atoms with Gasteiger partial charge in [0.05, 0.1) is 32.0 Å². The van der Waals surface area contributed by atoms with E-state index in [2.05, 4.69) is 12.2 Å². The molecule has 0 aliphatic heterocycles. The summed E-state index contributed by atoms with van der Waals surface area (Å²) in [6.45, 7) is 5.88. The Kier molecular flexibility index (Phi) is 8.62. The van der Waals surface area contributed by atoms with Crippen LogP contribution in [0.2, 0.25) is 0 Å². The molecule has 1 rings (SSSR count). The van der Waals surface area contributed by atoms with Crippen LogP contribution in [-0.2, 0) is 14.2 Å². The molecule has 1 saturated carbocycles. The highest BCUT2D eigenvalue weighted by atomic mass is 16.5. The molecule has 0 amide bonds. The van der Waals surface area contributed by atoms with Gasteiger partial charge in [0.2, 0.25) is 0 Å². The van der Waals surface area contributed by atoms with E-state index in [0.29, 0.717) is 26.4 Å². The molecular weight excluding hydrogens is 242 g/mol. The predicted octanol–water partition coefficient (Wildman–Crippen LogP) is 2.22. The molecule has 1 aliphatic rings. The fourth-order valence-electron chi connectivity index (χ4n) is 2.87. The Morgan fingerprint density at radius 3 is 2.37 bits per heavy atom. The van der Waals surface area contributed by atoms with Gasteiger partial charge in [0.25, 0.3) is 0 Å². The van der Waals surface area contributed by atoms with Gasteiger partial charge in [-0.2, -0.15) is 0 Å². The standard InChI is InChI=1S/C15H31NO3/c1-4-14-5-7-15(8-6-14,13-16-2)19-12-11-18-10-9-17-3/h14,16H,4-13H2,1-3H3. The van der Waals surface area contributed by atoms with Gasteiger partial charge in [0, 0.05) is 13.7 Å². The van der Waals surface area contributed by atoms with Crippen molar-refractivity contribution < 1.29 is 14.2 Å². The van der Waals surface area contributed by atoms with Crippen LogP contribution in [-0.4, -0.2) is 52.7 Å². The Bertz CT molecular complexity index is 215. The van der Waals surface area contributed by atoms with Gasteiger partial charge in [-0.1, -0.05) is 13.3 Å². The van der Waals surface area contributed by atoms with E-state index >= 15 is 0 Å². The molecule has 0 radical (unpaired) electrons. The van der Waals surface area contributed by atoms with Crippen LogP contribution in [0.3, 0.4) is 0 Å². The number of likely N-dealkylation sites (N-methyl/N-ethyl adjacent to an activating group) is 1. The van der Waals surface area contributed by atoms with Gasteiger partial charge in [0.15, 0.2) is 0 Å². The number of methoxy groups -OCH3 is 1. The lowest BCUT2D eigenvalue weighted by Gasteiger charge is -2.40. The predicted molar refractivity (Wildman–Crippen MR) is 77.6 cm³/mol. The highest BCUT2D eigenvalue weighted by molar-refractivity contribution is 4.88. The fourth-order valence-corrected chi connectivity index (χ4v) is 2.87. The lowest BCUT2D eigenvalue weighted by molar-refractivity contribution is -0.0938. The van der Waals surface area contributed by atoms with Gasteiger partial charge < -0.3 is 19.5 Å². The molecule has 0 saturated heterocycles. The second-order valence-corrected chi connectivity index (χ2v) is 5.52. The number of hydrogen-bond acceptors (Lipinski definition) is 4. The maximum atomic E-state index is 6.16. The summed E-state index contributed by atoms with van der Waals surface area (Å²) < 4.78 is 16.6. The first kappa shape index (κ1) is 16.9. The first-order valence-corrected chi connectivity index (χ1v) is 7.61. The molecule has 1 aliphatic carbocycles. The minimum absolute atomic E-state index is 0.0328. The van der Waals surface area contributed by atoms with Crippen molar-refractivity contribution in [2.45, 2.75) is 44.6 Å². The summed E-state index contributed by atoms with van der Waals surface area (Å²) in [4.78, 5) is 0. The van der Waals surface area contributed by atoms with E-state index in [1.807, 2.05) is 7.05 Å². The van der Waals surface area contributed by atoms with E-state index in [4.69, 9.17) is 14.2 Å². The van der Waals surface area contributed by atoms with Crippen molar-refractivity contribution in [2.75, 3.05) is 47.1 Å². The van der Waals surface area contributed by atoms with Crippen molar-refractivity contribution in [3.63, 3.8) is 0 Å². The number of rotatable bonds is 10. The molecule has 0 unspecified atom stereocenters. The topological polar surface area (TPSA) is 39.7 Å². The van der Waals surface area contributed by atoms with Crippen LogP contribution in [0.4, 0.5) is 0 Å². The summed E-state index contributed by atoms with van der Waals surface area (Å²) in [6.07, 6.45) is 6.23. The molecule has 0 atom stereocenters. The third kappa shape index (κ3) is 6.21. The largest absolute Gasteiger partial charge is 0.382 e. The second-order valence-electron chi connectivity index (χ2n) is 5.52. The quantitative estimate of drug-likeness (QED) is 0.620. The van der Waals surface area contributed by atoms with Gasteiger partial charge >= 0.3 is 0 Å². The van der Waals surface area contributed by atoms with Crippen LogP contribution in [0.1, 0.15) is 39.0 Å². The lowest BCUT2D eigenvalue weighted by atomic mass is 9.77. The smallest absolute Gasteiger partial charge is 0.0807 e. The maximum absolute atomic E-state index is 6.16. The Labute approximate surface area is 118 Å². The second kappa shape index (κ2) is 9.70. The molecule has 0 aromatic rings. The van der Waals surface area contributed by atoms with Crippen molar-refractivity contribution in [3.05, 3.63) is 0 Å². The lowest BCUT2D eigenvalue weighted by Crippen LogP contribution is -2.45. The average Bonchev–Trinajstić information content (AvgIpc) is 2.44. The third-order valence-corrected chi connectivity index (χ3v) is 4.16. The number of nitrogens with one attached hydrogen (secondary N) is 1. The average molecular weight is 273 g/mol. The first-order valence-electron chi connectivity index (χ1n) is 7.61. The minimum Gasteiger partial charge on any atom is -0.382 e. The van der Waals surface area contributed by atoms with Crippen molar-refractivity contribution >= 4 is 0 Å². The first-order chi connectivity index (χ1) is 9.26. The zero-order chi connectivity index (χ0) is 14.0. The van der Waals surface area contributed by atoms with Crippen LogP contribution in [0.5, 0.6) is 0 Å². The molecule has 0 heterocycles. The van der Waals surface area contributed by atoms with Crippen LogP contribution < -0.4 is 5.32 Å². The third-order valence-electron chi connectivity index (χ3n) is 4.16. The van der Waals surface area contributed by atoms with Crippen molar-refractivity contribution in [1.29, 1.82) is 0 Å². The van der Waals surface area contributed by atoms with Crippen LogP contribution in [0.15, 0.2) is 0 Å². The van der Waals surface area contributed by atoms with Crippen LogP contribution in [0, 0.1) is 5.92 Å². The molecule has 0 bridgehead atoms. The molecule has 4 nitrogen and oxygen atoms in total. The minimum atomic E-state index is 0.0328. The monoisotopic (exact) mass is 273 g/mol. The van der Waals surface area contributed by atoms with E-state index < -0.39 is 0 Å². The van der Waals surface area contributed by atoms with Gasteiger partial charge in [-0.3, -0.25) is 0 Å². The number of ether oxygens (including phenoxy) is 3. The van der Waals surface area contributed by atoms with Crippen molar-refractivity contribution in [2.24, 2.45) is 5.92 Å². The SMILES string of the molecule is CCC1CCC(CNC)(OCCOCCOC)CC1. The van der Waals surface area contributed by atoms with Crippen LogP contribution in [0.25, 0.3) is 0 Å². The summed E-state index contributed by atoms with van der Waals surface area (Å²) in [7, 11) is 3.69. The fraction of sp³-hybridized carbons (Fsp3) is 1.00. The summed E-state index contributed by atoms with van der Waals surface area (Å²) >= 11 is 0. The Balaban J connectivity index is 2.24. The molecule has 0 aromatic heterocycles. The molecule has 1 N–H and O–H groups in total. The summed E-state index contributed by atoms with van der Waals surface area (Å²) in [5, 5.41) is 3.29. The van der Waals surface area contributed by atoms with Gasteiger partial charge in [0.1, 0.15) is 0 Å². The zero-order valence-electron chi connectivity index (χ0n) is 12.9. The molecular formula is C15H31NO3. The summed E-state index contributed by atoms with van der Waals surface area (Å²) in [5.74, 6) is 0.895. The van der Waals surface area contributed by atoms with Crippen molar-refractivity contribution in [3.8, 4) is 0 Å². The molecule has 1 fully saturated rings. The number of hydrogen-bond donors (Lipinski definition) is 1. The summed E-state index contributed by atoms with van der Waals surface area (Å²) in [6, 6.07) is 0. The molecule has 19 heavy (non-hydrogen) atoms. The van der Waals surface area contributed by atoms with Gasteiger partial charge in [-0.05, 0) is 38.6 Å². The van der Waals surface area contributed by atoms with E-state index in [9.17, 15) is 0 Å². The Morgan fingerprint density at radius 1 is 1.11 bits per heavy atom. The zero-order valence-corrected chi connectivity index (χ0v) is 12.9. The van der Waals surface area contributed by atoms with E-state index in [1.165, 1.54) is 32.1 Å². The van der Waals surface area contributed by atoms with Crippen LogP contribution >= 0.6 is 0 Å². The molecule has 0 spiro atoms. The Morgan fingerprint density at radius 2 is 1.79 bits per heavy atom. The summed E-state index contributed by atoms with van der Waals surface area (Å²) in [5.41, 5.74) is 0.0328. The Hall–Kier alpha value is -0.160. The van der Waals surface area contributed by atoms with Gasteiger partial charge in [-0.15, -0.1) is 0 Å². The normalized spacial score (nSPS) is 27.6. The van der Waals surface area contributed by atoms with E-state index in [1.54, 1.807) is 7.11 Å². The molecule has 4 heteroatoms. The molecule has 0 aromatic carbocycles. The van der Waals surface area contributed by atoms with E-state index in [0.717, 1.165) is 12.5 Å². The highest BCUT2D eigenvalue weighted by Gasteiger charge is 2.35.